The van der Waals surface area contributed by atoms with E-state index in [1.807, 2.05) is 30.7 Å². The summed E-state index contributed by atoms with van der Waals surface area (Å²) in [6.07, 6.45) is 8.88. The molecule has 0 N–H and O–H groups in total. The predicted molar refractivity (Wildman–Crippen MR) is 151 cm³/mol. The van der Waals surface area contributed by atoms with Crippen LogP contribution in [-0.2, 0) is 19.3 Å². The van der Waals surface area contributed by atoms with Crippen LogP contribution < -0.4 is 0 Å². The van der Waals surface area contributed by atoms with Crippen LogP contribution in [-0.4, -0.2) is 9.97 Å². The Labute approximate surface area is 211 Å². The molecule has 0 unspecified atom stereocenters. The molecule has 2 heteroatoms. The molecular weight excluding hydrogens is 412 g/mol. The fourth-order valence-electron chi connectivity index (χ4n) is 3.37. The number of rotatable bonds is 3. The maximum Gasteiger partial charge on any atom is 0.0408 e. The third-order valence-electron chi connectivity index (χ3n) is 4.50. The Morgan fingerprint density at radius 1 is 0.500 bits per heavy atom. The quantitative estimate of drug-likeness (QED) is 0.387. The average molecular weight is 463 g/mol. The van der Waals surface area contributed by atoms with Gasteiger partial charge < -0.3 is 0 Å². The average Bonchev–Trinajstić information content (AvgIpc) is 2.67. The molecule has 2 nitrogen and oxygen atoms in total. The summed E-state index contributed by atoms with van der Waals surface area (Å²) in [5.41, 5.74) is 5.10. The van der Waals surface area contributed by atoms with E-state index >= 15 is 0 Å². The molecule has 188 valence electrons. The fourth-order valence-corrected chi connectivity index (χ4v) is 3.37. The number of benzene rings is 1. The molecule has 0 amide bonds. The second-order valence-corrected chi connectivity index (χ2v) is 12.4. The lowest BCUT2D eigenvalue weighted by molar-refractivity contribution is 0.406. The lowest BCUT2D eigenvalue weighted by Gasteiger charge is -2.17. The monoisotopic (exact) mass is 462 g/mol. The highest BCUT2D eigenvalue weighted by atomic mass is 14.7. The summed E-state index contributed by atoms with van der Waals surface area (Å²) in [6.45, 7) is 20.2. The molecule has 3 rings (SSSR count). The number of pyridine rings is 2. The van der Waals surface area contributed by atoms with Gasteiger partial charge in [0.15, 0.2) is 0 Å². The highest BCUT2D eigenvalue weighted by Crippen LogP contribution is 2.20. The van der Waals surface area contributed by atoms with Crippen molar-refractivity contribution in [3.63, 3.8) is 0 Å². The Hall–Kier alpha value is -2.48. The largest absolute Gasteiger partial charge is 0.265 e. The minimum atomic E-state index is 0. The number of nitrogens with zero attached hydrogens (tertiary/aromatic N) is 2. The smallest absolute Gasteiger partial charge is 0.0408 e. The van der Waals surface area contributed by atoms with Crippen LogP contribution in [0.3, 0.4) is 0 Å². The van der Waals surface area contributed by atoms with Crippen LogP contribution in [0.4, 0.5) is 0 Å². The number of aromatic nitrogens is 2. The van der Waals surface area contributed by atoms with E-state index in [-0.39, 0.29) is 7.43 Å². The Morgan fingerprint density at radius 2 is 0.941 bits per heavy atom. The molecule has 0 aliphatic heterocycles. The van der Waals surface area contributed by atoms with Gasteiger partial charge in [-0.25, -0.2) is 0 Å². The first-order chi connectivity index (χ1) is 15.2. The zero-order valence-corrected chi connectivity index (χ0v) is 22.5. The first-order valence-corrected chi connectivity index (χ1v) is 12.1. The van der Waals surface area contributed by atoms with Gasteiger partial charge in [0.05, 0.1) is 0 Å². The van der Waals surface area contributed by atoms with Crippen molar-refractivity contribution in [2.24, 2.45) is 16.2 Å². The lowest BCUT2D eigenvalue weighted by Crippen LogP contribution is -2.09. The Balaban J connectivity index is 0.000000473. The van der Waals surface area contributed by atoms with E-state index in [4.69, 9.17) is 0 Å². The molecule has 0 fully saturated rings. The summed E-state index contributed by atoms with van der Waals surface area (Å²) in [5.74, 6) is 0. The van der Waals surface area contributed by atoms with Crippen LogP contribution in [0, 0.1) is 16.2 Å². The summed E-state index contributed by atoms with van der Waals surface area (Å²) < 4.78 is 0. The van der Waals surface area contributed by atoms with Gasteiger partial charge in [-0.05, 0) is 70.9 Å². The molecule has 0 saturated carbocycles. The molecule has 1 aromatic carbocycles. The minimum absolute atomic E-state index is 0. The van der Waals surface area contributed by atoms with Crippen LogP contribution in [0.5, 0.6) is 0 Å². The SMILES string of the molecule is C.CC(C)(C)Cc1ccccc1.CC(C)(C)Cc1ccccn1.CC(C)(C)Cc1ccncc1. The van der Waals surface area contributed by atoms with Gasteiger partial charge in [-0.15, -0.1) is 0 Å². The molecule has 2 heterocycles. The first-order valence-electron chi connectivity index (χ1n) is 12.1. The third-order valence-corrected chi connectivity index (χ3v) is 4.50. The van der Waals surface area contributed by atoms with Gasteiger partial charge in [-0.2, -0.15) is 0 Å². The summed E-state index contributed by atoms with van der Waals surface area (Å²) in [5, 5.41) is 0. The Bertz CT molecular complexity index is 743. The van der Waals surface area contributed by atoms with E-state index in [0.29, 0.717) is 16.2 Å². The Kier molecular flexibility index (Phi) is 13.6. The molecule has 3 aromatic rings. The molecule has 0 radical (unpaired) electrons. The van der Waals surface area contributed by atoms with Gasteiger partial charge in [0.1, 0.15) is 0 Å². The van der Waals surface area contributed by atoms with Crippen molar-refractivity contribution in [3.05, 3.63) is 96.1 Å². The molecule has 34 heavy (non-hydrogen) atoms. The number of hydrogen-bond acceptors (Lipinski definition) is 2. The van der Waals surface area contributed by atoms with Crippen LogP contribution in [0.2, 0.25) is 0 Å². The summed E-state index contributed by atoms with van der Waals surface area (Å²) in [6, 6.07) is 20.8. The topological polar surface area (TPSA) is 25.8 Å². The van der Waals surface area contributed by atoms with Gasteiger partial charge in [-0.1, -0.05) is 106 Å². The van der Waals surface area contributed by atoms with Gasteiger partial charge >= 0.3 is 0 Å². The third kappa shape index (κ3) is 18.0. The van der Waals surface area contributed by atoms with Crippen LogP contribution in [0.25, 0.3) is 0 Å². The molecular formula is C32H50N2. The van der Waals surface area contributed by atoms with E-state index in [9.17, 15) is 0 Å². The molecule has 0 saturated heterocycles. The lowest BCUT2D eigenvalue weighted by atomic mass is 9.88. The summed E-state index contributed by atoms with van der Waals surface area (Å²) in [4.78, 5) is 8.24. The second-order valence-electron chi connectivity index (χ2n) is 12.4. The van der Waals surface area contributed by atoms with E-state index in [2.05, 4.69) is 121 Å². The van der Waals surface area contributed by atoms with Gasteiger partial charge in [0, 0.05) is 24.3 Å². The van der Waals surface area contributed by atoms with Gasteiger partial charge in [-0.3, -0.25) is 9.97 Å². The van der Waals surface area contributed by atoms with Crippen molar-refractivity contribution in [2.75, 3.05) is 0 Å². The van der Waals surface area contributed by atoms with Crippen molar-refractivity contribution in [2.45, 2.75) is 89.0 Å². The Morgan fingerprint density at radius 3 is 1.35 bits per heavy atom. The normalized spacial score (nSPS) is 11.2. The van der Waals surface area contributed by atoms with E-state index in [1.165, 1.54) is 16.8 Å². The molecule has 0 bridgehead atoms. The van der Waals surface area contributed by atoms with E-state index in [0.717, 1.165) is 19.3 Å². The molecule has 0 aliphatic rings. The van der Waals surface area contributed by atoms with Crippen LogP contribution in [0.1, 0.15) is 86.6 Å². The van der Waals surface area contributed by atoms with Gasteiger partial charge in [0.2, 0.25) is 0 Å². The van der Waals surface area contributed by atoms with Crippen molar-refractivity contribution in [3.8, 4) is 0 Å². The van der Waals surface area contributed by atoms with E-state index in [1.54, 1.807) is 0 Å². The minimum Gasteiger partial charge on any atom is -0.265 e. The van der Waals surface area contributed by atoms with Crippen molar-refractivity contribution < 1.29 is 0 Å². The second kappa shape index (κ2) is 14.7. The maximum absolute atomic E-state index is 4.26. The van der Waals surface area contributed by atoms with E-state index < -0.39 is 0 Å². The highest BCUT2D eigenvalue weighted by molar-refractivity contribution is 5.15. The zero-order chi connectivity index (χ0) is 25.0. The van der Waals surface area contributed by atoms with Crippen molar-refractivity contribution in [1.29, 1.82) is 0 Å². The summed E-state index contributed by atoms with van der Waals surface area (Å²) in [7, 11) is 0. The van der Waals surface area contributed by atoms with Crippen molar-refractivity contribution >= 4 is 0 Å². The van der Waals surface area contributed by atoms with Gasteiger partial charge in [0.25, 0.3) is 0 Å². The maximum atomic E-state index is 4.26. The summed E-state index contributed by atoms with van der Waals surface area (Å²) >= 11 is 0. The number of hydrogen-bond donors (Lipinski definition) is 0. The molecule has 0 spiro atoms. The molecule has 2 aromatic heterocycles. The van der Waals surface area contributed by atoms with Crippen LogP contribution >= 0.6 is 0 Å². The van der Waals surface area contributed by atoms with Crippen LogP contribution in [0.15, 0.2) is 79.3 Å². The zero-order valence-electron chi connectivity index (χ0n) is 22.5. The predicted octanol–water partition coefficient (Wildman–Crippen LogP) is 9.25. The fraction of sp³-hybridized carbons (Fsp3) is 0.500. The standard InChI is InChI=1S/C11H16.2C10H15N.CH4/c1-11(2,3)9-10-7-5-4-6-8-10;1-10(2,3)8-9-4-6-11-7-5-9;1-10(2,3)8-9-6-4-5-7-11-9;/h4-8H,9H2,1-3H3;2*4-7H,8H2,1-3H3;1H4. The molecule has 0 atom stereocenters. The molecule has 0 aliphatic carbocycles. The van der Waals surface area contributed by atoms with Crippen molar-refractivity contribution in [1.82, 2.24) is 9.97 Å². The highest BCUT2D eigenvalue weighted by Gasteiger charge is 2.11. The first kappa shape index (κ1) is 31.5.